The third-order valence-electron chi connectivity index (χ3n) is 4.43. The first kappa shape index (κ1) is 22.9. The quantitative estimate of drug-likeness (QED) is 0.325. The predicted octanol–water partition coefficient (Wildman–Crippen LogP) is 5.06. The first-order chi connectivity index (χ1) is 11.3. The van der Waals surface area contributed by atoms with Gasteiger partial charge in [0.2, 0.25) is 0 Å². The molecule has 0 aliphatic heterocycles. The molecule has 1 unspecified atom stereocenters. The van der Waals surface area contributed by atoms with Crippen LogP contribution in [-0.4, -0.2) is 37.5 Å². The van der Waals surface area contributed by atoms with E-state index in [1.54, 1.807) is 0 Å². The maximum absolute atomic E-state index is 8.65. The lowest BCUT2D eigenvalue weighted by atomic mass is 10.0. The van der Waals surface area contributed by atoms with E-state index >= 15 is 0 Å². The molecular formula is C20H43NO2. The number of aliphatic hydroxyl groups excluding tert-OH is 1. The SMILES string of the molecule is CCCCCCCCCCCCCCC(C)OCCNCCO. The Balaban J connectivity index is 3.08. The Kier molecular flexibility index (Phi) is 19.8. The normalized spacial score (nSPS) is 12.7. The monoisotopic (exact) mass is 329 g/mol. The second kappa shape index (κ2) is 19.9. The van der Waals surface area contributed by atoms with Gasteiger partial charge in [-0.3, -0.25) is 0 Å². The molecule has 0 heterocycles. The molecule has 0 spiro atoms. The lowest BCUT2D eigenvalue weighted by Crippen LogP contribution is -2.24. The predicted molar refractivity (Wildman–Crippen MR) is 101 cm³/mol. The van der Waals surface area contributed by atoms with Crippen molar-refractivity contribution in [2.24, 2.45) is 0 Å². The first-order valence-corrected chi connectivity index (χ1v) is 10.2. The van der Waals surface area contributed by atoms with Crippen molar-refractivity contribution in [2.75, 3.05) is 26.3 Å². The molecule has 0 bridgehead atoms. The Morgan fingerprint density at radius 3 is 1.83 bits per heavy atom. The Morgan fingerprint density at radius 1 is 0.783 bits per heavy atom. The molecular weight excluding hydrogens is 286 g/mol. The minimum absolute atomic E-state index is 0.203. The summed E-state index contributed by atoms with van der Waals surface area (Å²) in [6.07, 6.45) is 18.4. The van der Waals surface area contributed by atoms with E-state index in [1.807, 2.05) is 0 Å². The van der Waals surface area contributed by atoms with Crippen molar-refractivity contribution in [3.8, 4) is 0 Å². The lowest BCUT2D eigenvalue weighted by Gasteiger charge is -2.13. The van der Waals surface area contributed by atoms with Gasteiger partial charge in [-0.1, -0.05) is 84.0 Å². The van der Waals surface area contributed by atoms with Crippen molar-refractivity contribution in [3.63, 3.8) is 0 Å². The highest BCUT2D eigenvalue weighted by Gasteiger charge is 2.01. The van der Waals surface area contributed by atoms with Crippen LogP contribution in [0.25, 0.3) is 0 Å². The minimum atomic E-state index is 0.203. The van der Waals surface area contributed by atoms with Gasteiger partial charge in [0.1, 0.15) is 0 Å². The van der Waals surface area contributed by atoms with Crippen LogP contribution in [0.5, 0.6) is 0 Å². The van der Waals surface area contributed by atoms with Crippen LogP contribution >= 0.6 is 0 Å². The van der Waals surface area contributed by atoms with Gasteiger partial charge in [-0.15, -0.1) is 0 Å². The average Bonchev–Trinajstić information content (AvgIpc) is 2.55. The van der Waals surface area contributed by atoms with Crippen LogP contribution in [-0.2, 0) is 4.74 Å². The largest absolute Gasteiger partial charge is 0.395 e. The Morgan fingerprint density at radius 2 is 1.30 bits per heavy atom. The molecule has 0 aliphatic rings. The number of ether oxygens (including phenoxy) is 1. The van der Waals surface area contributed by atoms with E-state index in [0.717, 1.165) is 13.2 Å². The summed E-state index contributed by atoms with van der Waals surface area (Å²) in [6, 6.07) is 0. The molecule has 0 aromatic heterocycles. The van der Waals surface area contributed by atoms with Crippen LogP contribution in [0.1, 0.15) is 97.3 Å². The third-order valence-corrected chi connectivity index (χ3v) is 4.43. The minimum Gasteiger partial charge on any atom is -0.395 e. The molecule has 0 aliphatic carbocycles. The Bertz CT molecular complexity index is 212. The average molecular weight is 330 g/mol. The molecule has 0 radical (unpaired) electrons. The fourth-order valence-corrected chi connectivity index (χ4v) is 2.89. The summed E-state index contributed by atoms with van der Waals surface area (Å²) in [5, 5.41) is 11.8. The number of aliphatic hydroxyl groups is 1. The van der Waals surface area contributed by atoms with Crippen LogP contribution in [0.15, 0.2) is 0 Å². The van der Waals surface area contributed by atoms with Crippen molar-refractivity contribution in [1.82, 2.24) is 5.32 Å². The summed E-state index contributed by atoms with van der Waals surface area (Å²) in [4.78, 5) is 0. The van der Waals surface area contributed by atoms with Gasteiger partial charge in [0, 0.05) is 13.1 Å². The summed E-state index contributed by atoms with van der Waals surface area (Å²) in [5.41, 5.74) is 0. The Hall–Kier alpha value is -0.120. The molecule has 2 N–H and O–H groups in total. The second-order valence-corrected chi connectivity index (χ2v) is 6.83. The zero-order chi connectivity index (χ0) is 17.0. The van der Waals surface area contributed by atoms with Gasteiger partial charge in [-0.25, -0.2) is 0 Å². The van der Waals surface area contributed by atoms with E-state index in [0.29, 0.717) is 12.6 Å². The fourth-order valence-electron chi connectivity index (χ4n) is 2.89. The highest BCUT2D eigenvalue weighted by Crippen LogP contribution is 2.13. The van der Waals surface area contributed by atoms with Gasteiger partial charge in [-0.2, -0.15) is 0 Å². The molecule has 0 saturated heterocycles. The summed E-state index contributed by atoms with van der Waals surface area (Å²) in [6.45, 7) is 6.90. The molecule has 1 atom stereocenters. The molecule has 23 heavy (non-hydrogen) atoms. The molecule has 0 aromatic rings. The molecule has 0 amide bonds. The highest BCUT2D eigenvalue weighted by atomic mass is 16.5. The maximum atomic E-state index is 8.65. The van der Waals surface area contributed by atoms with Crippen LogP contribution < -0.4 is 5.32 Å². The fraction of sp³-hybridized carbons (Fsp3) is 1.00. The number of nitrogens with one attached hydrogen (secondary N) is 1. The standard InChI is InChI=1S/C20H43NO2/c1-3-4-5-6-7-8-9-10-11-12-13-14-15-20(2)23-19-17-21-16-18-22/h20-22H,3-19H2,1-2H3. The van der Waals surface area contributed by atoms with Crippen molar-refractivity contribution >= 4 is 0 Å². The molecule has 0 saturated carbocycles. The summed E-state index contributed by atoms with van der Waals surface area (Å²) in [7, 11) is 0. The van der Waals surface area contributed by atoms with Gasteiger partial charge < -0.3 is 15.2 Å². The summed E-state index contributed by atoms with van der Waals surface area (Å²) < 4.78 is 5.74. The second-order valence-electron chi connectivity index (χ2n) is 6.83. The van der Waals surface area contributed by atoms with Crippen molar-refractivity contribution < 1.29 is 9.84 Å². The van der Waals surface area contributed by atoms with E-state index in [4.69, 9.17) is 9.84 Å². The van der Waals surface area contributed by atoms with Gasteiger partial charge >= 0.3 is 0 Å². The maximum Gasteiger partial charge on any atom is 0.0594 e. The van der Waals surface area contributed by atoms with Crippen molar-refractivity contribution in [3.05, 3.63) is 0 Å². The topological polar surface area (TPSA) is 41.5 Å². The van der Waals surface area contributed by atoms with E-state index < -0.39 is 0 Å². The van der Waals surface area contributed by atoms with Crippen molar-refractivity contribution in [1.29, 1.82) is 0 Å². The number of rotatable bonds is 19. The van der Waals surface area contributed by atoms with E-state index in [-0.39, 0.29) is 6.61 Å². The van der Waals surface area contributed by atoms with Crippen LogP contribution in [0.2, 0.25) is 0 Å². The molecule has 0 aromatic carbocycles. The van der Waals surface area contributed by atoms with Crippen molar-refractivity contribution in [2.45, 2.75) is 103 Å². The lowest BCUT2D eigenvalue weighted by molar-refractivity contribution is 0.0600. The molecule has 140 valence electrons. The third kappa shape index (κ3) is 19.8. The summed E-state index contributed by atoms with van der Waals surface area (Å²) >= 11 is 0. The smallest absolute Gasteiger partial charge is 0.0594 e. The van der Waals surface area contributed by atoms with Crippen LogP contribution in [0, 0.1) is 0 Å². The number of hydrogen-bond acceptors (Lipinski definition) is 3. The number of hydrogen-bond donors (Lipinski definition) is 2. The zero-order valence-electron chi connectivity index (χ0n) is 16.0. The van der Waals surface area contributed by atoms with Gasteiger partial charge in [0.15, 0.2) is 0 Å². The summed E-state index contributed by atoms with van der Waals surface area (Å²) in [5.74, 6) is 0. The van der Waals surface area contributed by atoms with E-state index in [1.165, 1.54) is 83.5 Å². The van der Waals surface area contributed by atoms with Crippen LogP contribution in [0.4, 0.5) is 0 Å². The van der Waals surface area contributed by atoms with Gasteiger partial charge in [0.05, 0.1) is 19.3 Å². The molecule has 3 nitrogen and oxygen atoms in total. The first-order valence-electron chi connectivity index (χ1n) is 10.2. The molecule has 3 heteroatoms. The zero-order valence-corrected chi connectivity index (χ0v) is 16.0. The molecule has 0 rings (SSSR count). The van der Waals surface area contributed by atoms with Crippen LogP contribution in [0.3, 0.4) is 0 Å². The molecule has 0 fully saturated rings. The Labute approximate surface area is 145 Å². The van der Waals surface area contributed by atoms with Gasteiger partial charge in [0.25, 0.3) is 0 Å². The number of unbranched alkanes of at least 4 members (excludes halogenated alkanes) is 11. The van der Waals surface area contributed by atoms with Gasteiger partial charge in [-0.05, 0) is 13.3 Å². The van der Waals surface area contributed by atoms with E-state index in [9.17, 15) is 0 Å². The highest BCUT2D eigenvalue weighted by molar-refractivity contribution is 4.54. The van der Waals surface area contributed by atoms with E-state index in [2.05, 4.69) is 19.2 Å².